The molecule has 12 heteroatoms. The van der Waals surface area contributed by atoms with Gasteiger partial charge < -0.3 is 9.13 Å². The van der Waals surface area contributed by atoms with Gasteiger partial charge in [-0.1, -0.05) is 91.0 Å². The highest BCUT2D eigenvalue weighted by Gasteiger charge is 2.37. The summed E-state index contributed by atoms with van der Waals surface area (Å²) in [4.78, 5) is 0. The number of hydrogen-bond acceptors (Lipinski definition) is 1. The molecule has 2 aromatic heterocycles. The fraction of sp³-hybridized carbons (Fsp3) is 0.0984. The van der Waals surface area contributed by atoms with Crippen LogP contribution in [0.4, 0.5) is 39.5 Å². The Morgan fingerprint density at radius 1 is 0.384 bits per heavy atom. The maximum Gasteiger partial charge on any atom is 0.417 e. The van der Waals surface area contributed by atoms with Crippen LogP contribution >= 0.6 is 0 Å². The van der Waals surface area contributed by atoms with Crippen LogP contribution in [-0.4, -0.2) is 9.13 Å². The van der Waals surface area contributed by atoms with E-state index >= 15 is 13.2 Å². The number of nitrogens with zero attached hydrogens (tertiary/aromatic N) is 3. The van der Waals surface area contributed by atoms with E-state index < -0.39 is 35.2 Å². The maximum atomic E-state index is 15.4. The Bertz CT molecular complexity index is 4100. The van der Waals surface area contributed by atoms with Gasteiger partial charge in [-0.2, -0.15) is 44.8 Å². The third-order valence-electron chi connectivity index (χ3n) is 13.6. The Morgan fingerprint density at radius 3 is 1.34 bits per heavy atom. The molecule has 0 atom stereocenters. The highest BCUT2D eigenvalue weighted by molar-refractivity contribution is 6.13. The third kappa shape index (κ3) is 7.96. The Balaban J connectivity index is 1.24. The summed E-state index contributed by atoms with van der Waals surface area (Å²) in [7, 11) is 0. The van der Waals surface area contributed by atoms with Crippen molar-refractivity contribution in [2.24, 2.45) is 0 Å². The lowest BCUT2D eigenvalue weighted by Gasteiger charge is -2.24. The van der Waals surface area contributed by atoms with Crippen LogP contribution in [0.15, 0.2) is 176 Å². The second-order valence-corrected chi connectivity index (χ2v) is 18.3. The van der Waals surface area contributed by atoms with E-state index in [0.717, 1.165) is 35.7 Å². The van der Waals surface area contributed by atoms with Gasteiger partial charge in [-0.05, 0) is 156 Å². The van der Waals surface area contributed by atoms with E-state index in [0.29, 0.717) is 94.1 Å². The second-order valence-electron chi connectivity index (χ2n) is 18.3. The number of nitriles is 1. The summed E-state index contributed by atoms with van der Waals surface area (Å²) in [6, 6.07) is 49.8. The van der Waals surface area contributed by atoms with Crippen LogP contribution < -0.4 is 0 Å². The fourth-order valence-electron chi connectivity index (χ4n) is 10.6. The van der Waals surface area contributed by atoms with Gasteiger partial charge in [0.15, 0.2) is 0 Å². The van der Waals surface area contributed by atoms with Gasteiger partial charge in [0.2, 0.25) is 0 Å². The van der Waals surface area contributed by atoms with Crippen LogP contribution in [0.5, 0.6) is 0 Å². The van der Waals surface area contributed by atoms with Gasteiger partial charge in [-0.25, -0.2) is 0 Å². The van der Waals surface area contributed by atoms with Gasteiger partial charge >= 0.3 is 18.5 Å². The van der Waals surface area contributed by atoms with Gasteiger partial charge in [0, 0.05) is 32.7 Å². The van der Waals surface area contributed by atoms with Crippen molar-refractivity contribution >= 4 is 43.6 Å². The quantitative estimate of drug-likeness (QED) is 0.153. The molecule has 0 fully saturated rings. The molecule has 0 spiro atoms. The second kappa shape index (κ2) is 17.1. The molecule has 0 amide bonds. The summed E-state index contributed by atoms with van der Waals surface area (Å²) in [5, 5.41) is 14.0. The first-order chi connectivity index (χ1) is 34.8. The summed E-state index contributed by atoms with van der Waals surface area (Å²) < 4.78 is 135. The van der Waals surface area contributed by atoms with Crippen molar-refractivity contribution in [3.05, 3.63) is 215 Å². The number of halogens is 9. The normalized spacial score (nSPS) is 12.4. The van der Waals surface area contributed by atoms with E-state index in [-0.39, 0.29) is 22.3 Å². The minimum atomic E-state index is -4.81. The Kier molecular flexibility index (Phi) is 10.9. The van der Waals surface area contributed by atoms with E-state index in [4.69, 9.17) is 0 Å². The predicted molar refractivity (Wildman–Crippen MR) is 271 cm³/mol. The number of fused-ring (bicyclic) bond motifs is 6. The minimum absolute atomic E-state index is 0.100. The Labute approximate surface area is 412 Å². The van der Waals surface area contributed by atoms with Crippen molar-refractivity contribution in [1.29, 1.82) is 5.26 Å². The molecule has 0 bridgehead atoms. The summed E-state index contributed by atoms with van der Waals surface area (Å²) in [6.07, 6.45) is -14.0. The molecule has 9 aromatic carbocycles. The number of aromatic nitrogens is 2. The third-order valence-corrected chi connectivity index (χ3v) is 13.6. The number of hydrogen-bond donors (Lipinski definition) is 0. The smallest absolute Gasteiger partial charge is 0.309 e. The number of benzene rings is 9. The molecule has 2 heterocycles. The number of para-hydroxylation sites is 2. The molecule has 0 unspecified atom stereocenters. The molecule has 73 heavy (non-hydrogen) atoms. The van der Waals surface area contributed by atoms with Crippen LogP contribution in [0.25, 0.3) is 99.5 Å². The predicted octanol–water partition coefficient (Wildman–Crippen LogP) is 18.4. The van der Waals surface area contributed by atoms with Crippen LogP contribution in [0.3, 0.4) is 0 Å². The maximum absolute atomic E-state index is 15.4. The zero-order valence-electron chi connectivity index (χ0n) is 39.0. The SMILES string of the molecule is Cc1cc(-c2ccc3c(c2)c2ccccc2n3-c2cccc(C#N)c2-c2c(-c3c(C)cccc3C(F)(F)F)cccc2-n2c3ccccc3c3cc(-c4cc(C)cc(C(F)(F)F)c4)ccc32)cc(C(F)(F)F)c1. The lowest BCUT2D eigenvalue weighted by atomic mass is 9.85. The van der Waals surface area contributed by atoms with E-state index in [1.807, 2.05) is 69.8 Å². The van der Waals surface area contributed by atoms with Crippen molar-refractivity contribution in [3.63, 3.8) is 0 Å². The molecule has 11 rings (SSSR count). The summed E-state index contributed by atoms with van der Waals surface area (Å²) in [5.74, 6) is 0. The average molecular weight is 984 g/mol. The lowest BCUT2D eigenvalue weighted by Crippen LogP contribution is -2.10. The monoisotopic (exact) mass is 983 g/mol. The number of alkyl halides is 9. The number of aryl methyl sites for hydroxylation is 3. The molecule has 0 aliphatic heterocycles. The largest absolute Gasteiger partial charge is 0.417 e. The average Bonchev–Trinajstić information content (AvgIpc) is 3.87. The Hall–Kier alpha value is -8.56. The molecule has 0 saturated carbocycles. The molecule has 11 aromatic rings. The van der Waals surface area contributed by atoms with Crippen molar-refractivity contribution in [3.8, 4) is 62.0 Å². The molecule has 0 aliphatic rings. The van der Waals surface area contributed by atoms with E-state index in [1.54, 1.807) is 99.6 Å². The molecular formula is C61H38F9N3. The van der Waals surface area contributed by atoms with Crippen molar-refractivity contribution in [1.82, 2.24) is 9.13 Å². The summed E-state index contributed by atoms with van der Waals surface area (Å²) in [5.41, 5.74) is 4.62. The molecule has 0 radical (unpaired) electrons. The molecule has 3 nitrogen and oxygen atoms in total. The van der Waals surface area contributed by atoms with Gasteiger partial charge in [-0.15, -0.1) is 0 Å². The minimum Gasteiger partial charge on any atom is -0.309 e. The summed E-state index contributed by atoms with van der Waals surface area (Å²) >= 11 is 0. The zero-order chi connectivity index (χ0) is 51.3. The molecule has 0 N–H and O–H groups in total. The Morgan fingerprint density at radius 2 is 0.849 bits per heavy atom. The molecule has 0 saturated heterocycles. The summed E-state index contributed by atoms with van der Waals surface area (Å²) in [6.45, 7) is 4.81. The van der Waals surface area contributed by atoms with Crippen LogP contribution in [0, 0.1) is 32.1 Å². The first-order valence-corrected chi connectivity index (χ1v) is 23.1. The highest BCUT2D eigenvalue weighted by Crippen LogP contribution is 2.50. The van der Waals surface area contributed by atoms with E-state index in [2.05, 4.69) is 6.07 Å². The zero-order valence-corrected chi connectivity index (χ0v) is 39.0. The topological polar surface area (TPSA) is 33.6 Å². The van der Waals surface area contributed by atoms with Crippen molar-refractivity contribution in [2.75, 3.05) is 0 Å². The van der Waals surface area contributed by atoms with Gasteiger partial charge in [0.25, 0.3) is 0 Å². The first kappa shape index (κ1) is 46.8. The van der Waals surface area contributed by atoms with Crippen LogP contribution in [0.2, 0.25) is 0 Å². The van der Waals surface area contributed by atoms with E-state index in [9.17, 15) is 31.6 Å². The standard InChI is InChI=1S/C61H38F9N3/c1-34-25-40(29-42(27-34)59(62,63)64)37-21-23-52-47(31-37)44-13-4-6-17-50(44)72(52)54-19-9-12-39(33-71)57(54)58-46(56-36(3)11-8-16-49(56)61(68,69)70)15-10-20-55(58)73-51-18-7-5-14-45(51)48-32-38(22-24-53(48)73)41-26-35(2)28-43(30-41)60(65,66)67/h4-32H,1-3H3. The van der Waals surface area contributed by atoms with Gasteiger partial charge in [0.1, 0.15) is 0 Å². The molecule has 0 aliphatic carbocycles. The lowest BCUT2D eigenvalue weighted by molar-refractivity contribution is -0.138. The van der Waals surface area contributed by atoms with Gasteiger partial charge in [0.05, 0.1) is 61.8 Å². The van der Waals surface area contributed by atoms with Crippen LogP contribution in [0.1, 0.15) is 38.9 Å². The van der Waals surface area contributed by atoms with Gasteiger partial charge in [-0.3, -0.25) is 0 Å². The van der Waals surface area contributed by atoms with E-state index in [1.165, 1.54) is 6.07 Å². The van der Waals surface area contributed by atoms with Crippen molar-refractivity contribution in [2.45, 2.75) is 39.3 Å². The fourth-order valence-corrected chi connectivity index (χ4v) is 10.6. The van der Waals surface area contributed by atoms with Crippen LogP contribution in [-0.2, 0) is 18.5 Å². The highest BCUT2D eigenvalue weighted by atomic mass is 19.4. The molecule has 360 valence electrons. The van der Waals surface area contributed by atoms with Crippen molar-refractivity contribution < 1.29 is 39.5 Å². The molecular weight excluding hydrogens is 946 g/mol. The first-order valence-electron chi connectivity index (χ1n) is 23.1. The number of rotatable bonds is 6.